The first-order chi connectivity index (χ1) is 12.8. The predicted molar refractivity (Wildman–Crippen MR) is 105 cm³/mol. The standard InChI is InChI=1S/C19H20ClN3O3S/c20-15-8-13(27(25,26)10-12-2-1-3-17(12)24)5-6-14(15)16-7-4-11-9-22-19(21)18(11)23-16/h4-8,12,17,24H,1-3,9-10H2,(H2,21,22)/t12-,17-/m0/s1. The van der Waals surface area contributed by atoms with E-state index in [4.69, 9.17) is 17.3 Å². The summed E-state index contributed by atoms with van der Waals surface area (Å²) < 4.78 is 25.4. The van der Waals surface area contributed by atoms with Crippen molar-refractivity contribution < 1.29 is 13.5 Å². The minimum absolute atomic E-state index is 0.0616. The average molecular weight is 406 g/mol. The molecule has 2 aromatic rings. The highest BCUT2D eigenvalue weighted by Crippen LogP contribution is 2.33. The third-order valence-electron chi connectivity index (χ3n) is 5.27. The molecular formula is C19H20ClN3O3S. The molecule has 0 bridgehead atoms. The Bertz CT molecular complexity index is 1040. The van der Waals surface area contributed by atoms with Gasteiger partial charge in [0.1, 0.15) is 11.5 Å². The fourth-order valence-electron chi connectivity index (χ4n) is 3.72. The molecule has 6 nitrogen and oxygen atoms in total. The Kier molecular flexibility index (Phi) is 4.70. The van der Waals surface area contributed by atoms with Gasteiger partial charge in [-0.3, -0.25) is 4.99 Å². The van der Waals surface area contributed by atoms with Gasteiger partial charge in [-0.15, -0.1) is 0 Å². The van der Waals surface area contributed by atoms with Gasteiger partial charge in [0.2, 0.25) is 0 Å². The van der Waals surface area contributed by atoms with Crippen molar-refractivity contribution in [3.8, 4) is 11.3 Å². The van der Waals surface area contributed by atoms with Crippen LogP contribution in [0.4, 0.5) is 0 Å². The number of aliphatic hydroxyl groups is 1. The predicted octanol–water partition coefficient (Wildman–Crippen LogP) is 2.56. The Morgan fingerprint density at radius 2 is 2.04 bits per heavy atom. The Morgan fingerprint density at radius 1 is 1.22 bits per heavy atom. The average Bonchev–Trinajstić information content (AvgIpc) is 3.20. The summed E-state index contributed by atoms with van der Waals surface area (Å²) in [5, 5.41) is 10.2. The highest BCUT2D eigenvalue weighted by molar-refractivity contribution is 7.91. The van der Waals surface area contributed by atoms with Crippen molar-refractivity contribution in [2.24, 2.45) is 16.6 Å². The van der Waals surface area contributed by atoms with Crippen molar-refractivity contribution in [3.63, 3.8) is 0 Å². The number of nitrogens with zero attached hydrogens (tertiary/aromatic N) is 2. The zero-order valence-electron chi connectivity index (χ0n) is 14.6. The number of hydrogen-bond acceptors (Lipinski definition) is 6. The van der Waals surface area contributed by atoms with Gasteiger partial charge in [-0.05, 0) is 37.0 Å². The number of aliphatic imine (C=N–C) groups is 1. The van der Waals surface area contributed by atoms with Gasteiger partial charge in [-0.25, -0.2) is 13.4 Å². The van der Waals surface area contributed by atoms with Crippen LogP contribution < -0.4 is 5.73 Å². The van der Waals surface area contributed by atoms with Gasteiger partial charge in [0.25, 0.3) is 0 Å². The number of amidine groups is 1. The number of nitrogens with two attached hydrogens (primary N) is 1. The van der Waals surface area contributed by atoms with E-state index in [0.717, 1.165) is 18.4 Å². The normalized spacial score (nSPS) is 21.9. The van der Waals surface area contributed by atoms with Crippen LogP contribution in [0.5, 0.6) is 0 Å². The molecule has 0 spiro atoms. The lowest BCUT2D eigenvalue weighted by atomic mass is 10.1. The van der Waals surface area contributed by atoms with Crippen LogP contribution in [0.2, 0.25) is 5.02 Å². The molecule has 1 aliphatic carbocycles. The van der Waals surface area contributed by atoms with E-state index in [0.29, 0.717) is 40.8 Å². The summed E-state index contributed by atoms with van der Waals surface area (Å²) in [4.78, 5) is 8.85. The van der Waals surface area contributed by atoms with Crippen LogP contribution in [0, 0.1) is 5.92 Å². The van der Waals surface area contributed by atoms with E-state index < -0.39 is 15.9 Å². The number of hydrogen-bond donors (Lipinski definition) is 2. The number of pyridine rings is 1. The lowest BCUT2D eigenvalue weighted by Crippen LogP contribution is -2.23. The number of rotatable bonds is 4. The molecule has 3 N–H and O–H groups in total. The molecule has 2 heterocycles. The maximum Gasteiger partial charge on any atom is 0.178 e. The highest BCUT2D eigenvalue weighted by atomic mass is 35.5. The molecule has 8 heteroatoms. The van der Waals surface area contributed by atoms with Crippen LogP contribution in [0.3, 0.4) is 0 Å². The highest BCUT2D eigenvalue weighted by Gasteiger charge is 2.31. The van der Waals surface area contributed by atoms with Gasteiger partial charge in [-0.2, -0.15) is 0 Å². The molecule has 0 saturated heterocycles. The molecule has 1 aromatic heterocycles. The van der Waals surface area contributed by atoms with E-state index in [1.807, 2.05) is 12.1 Å². The third kappa shape index (κ3) is 3.47. The second kappa shape index (κ2) is 6.89. The van der Waals surface area contributed by atoms with E-state index >= 15 is 0 Å². The zero-order chi connectivity index (χ0) is 19.2. The Balaban J connectivity index is 1.63. The lowest BCUT2D eigenvalue weighted by Gasteiger charge is -2.15. The van der Waals surface area contributed by atoms with E-state index in [2.05, 4.69) is 9.98 Å². The van der Waals surface area contributed by atoms with Gasteiger partial charge in [0, 0.05) is 11.1 Å². The van der Waals surface area contributed by atoms with Crippen molar-refractivity contribution in [2.75, 3.05) is 5.75 Å². The fourth-order valence-corrected chi connectivity index (χ4v) is 5.78. The van der Waals surface area contributed by atoms with Gasteiger partial charge >= 0.3 is 0 Å². The summed E-state index contributed by atoms with van der Waals surface area (Å²) in [5.41, 5.74) is 8.72. The van der Waals surface area contributed by atoms with E-state index in [1.54, 1.807) is 12.1 Å². The van der Waals surface area contributed by atoms with Crippen molar-refractivity contribution in [3.05, 3.63) is 46.6 Å². The van der Waals surface area contributed by atoms with E-state index in [-0.39, 0.29) is 16.6 Å². The van der Waals surface area contributed by atoms with Crippen molar-refractivity contribution >= 4 is 27.3 Å². The summed E-state index contributed by atoms with van der Waals surface area (Å²) in [6, 6.07) is 8.40. The molecule has 2 atom stereocenters. The molecule has 1 saturated carbocycles. The van der Waals surface area contributed by atoms with Gasteiger partial charge in [-0.1, -0.05) is 30.2 Å². The molecule has 142 valence electrons. The van der Waals surface area contributed by atoms with Crippen LogP contribution >= 0.6 is 11.6 Å². The number of aromatic nitrogens is 1. The molecule has 0 amide bonds. The minimum Gasteiger partial charge on any atom is -0.393 e. The quantitative estimate of drug-likeness (QED) is 0.813. The molecule has 4 rings (SSSR count). The van der Waals surface area contributed by atoms with Gasteiger partial charge < -0.3 is 10.8 Å². The van der Waals surface area contributed by atoms with Crippen molar-refractivity contribution in [1.29, 1.82) is 0 Å². The topological polar surface area (TPSA) is 106 Å². The molecule has 0 radical (unpaired) electrons. The molecule has 0 unspecified atom stereocenters. The number of aliphatic hydroxyl groups excluding tert-OH is 1. The van der Waals surface area contributed by atoms with Crippen LogP contribution in [0.1, 0.15) is 30.5 Å². The third-order valence-corrected chi connectivity index (χ3v) is 7.42. The van der Waals surface area contributed by atoms with E-state index in [1.165, 1.54) is 6.07 Å². The molecule has 1 aromatic carbocycles. The monoisotopic (exact) mass is 405 g/mol. The largest absolute Gasteiger partial charge is 0.393 e. The minimum atomic E-state index is -3.52. The lowest BCUT2D eigenvalue weighted by molar-refractivity contribution is 0.142. The smallest absolute Gasteiger partial charge is 0.178 e. The first-order valence-corrected chi connectivity index (χ1v) is 10.9. The number of benzene rings is 1. The van der Waals surface area contributed by atoms with Gasteiger partial charge in [0.15, 0.2) is 9.84 Å². The maximum atomic E-state index is 12.7. The second-order valence-corrected chi connectivity index (χ2v) is 9.53. The second-order valence-electron chi connectivity index (χ2n) is 7.09. The summed E-state index contributed by atoms with van der Waals surface area (Å²) in [7, 11) is -3.52. The zero-order valence-corrected chi connectivity index (χ0v) is 16.2. The summed E-state index contributed by atoms with van der Waals surface area (Å²) in [5.74, 6) is 0.125. The van der Waals surface area contributed by atoms with Crippen LogP contribution in [-0.2, 0) is 16.4 Å². The molecule has 1 aliphatic heterocycles. The van der Waals surface area contributed by atoms with Crippen LogP contribution in [0.15, 0.2) is 40.2 Å². The van der Waals surface area contributed by atoms with Crippen LogP contribution in [-0.4, -0.2) is 36.2 Å². The molecule has 27 heavy (non-hydrogen) atoms. The van der Waals surface area contributed by atoms with Crippen molar-refractivity contribution in [2.45, 2.75) is 36.8 Å². The summed E-state index contributed by atoms with van der Waals surface area (Å²) in [6.45, 7) is 0.520. The summed E-state index contributed by atoms with van der Waals surface area (Å²) in [6.07, 6.45) is 1.71. The SMILES string of the molecule is NC1=NCc2ccc(-c3ccc(S(=O)(=O)C[C@@H]4CCC[C@@H]4O)cc3Cl)nc21. The Labute approximate surface area is 163 Å². The Morgan fingerprint density at radius 3 is 2.74 bits per heavy atom. The number of halogens is 1. The Hall–Kier alpha value is -1.96. The fraction of sp³-hybridized carbons (Fsp3) is 0.368. The summed E-state index contributed by atoms with van der Waals surface area (Å²) >= 11 is 6.39. The van der Waals surface area contributed by atoms with Crippen LogP contribution in [0.25, 0.3) is 11.3 Å². The number of fused-ring (bicyclic) bond motifs is 1. The first-order valence-electron chi connectivity index (χ1n) is 8.86. The molecular weight excluding hydrogens is 386 g/mol. The molecule has 1 fully saturated rings. The van der Waals surface area contributed by atoms with E-state index in [9.17, 15) is 13.5 Å². The molecule has 2 aliphatic rings. The van der Waals surface area contributed by atoms with Crippen molar-refractivity contribution in [1.82, 2.24) is 4.98 Å². The first kappa shape index (κ1) is 18.4. The van der Waals surface area contributed by atoms with Gasteiger partial charge in [0.05, 0.1) is 34.0 Å². The maximum absolute atomic E-state index is 12.7. The number of sulfone groups is 1.